The second-order valence-corrected chi connectivity index (χ2v) is 10.1. The number of aromatic nitrogens is 1. The van der Waals surface area contributed by atoms with E-state index in [9.17, 15) is 9.59 Å². The molecule has 1 saturated heterocycles. The Morgan fingerprint density at radius 2 is 1.77 bits per heavy atom. The van der Waals surface area contributed by atoms with Crippen LogP contribution in [0.4, 0.5) is 4.79 Å². The zero-order valence-electron chi connectivity index (χ0n) is 19.4. The zero-order chi connectivity index (χ0) is 22.3. The molecule has 2 amide bonds. The highest BCUT2D eigenvalue weighted by atomic mass is 16.6. The lowest BCUT2D eigenvalue weighted by Gasteiger charge is -2.35. The van der Waals surface area contributed by atoms with E-state index in [-0.39, 0.29) is 24.0 Å². The molecule has 6 nitrogen and oxygen atoms in total. The number of carbonyl (C=O) groups is 2. The number of likely N-dealkylation sites (tertiary alicyclic amines) is 1. The minimum absolute atomic E-state index is 0.0333. The Balaban J connectivity index is 1.68. The molecule has 1 aromatic rings. The summed E-state index contributed by atoms with van der Waals surface area (Å²) in [6.07, 6.45) is 11.6. The van der Waals surface area contributed by atoms with Crippen LogP contribution in [0.5, 0.6) is 0 Å². The fourth-order valence-corrected chi connectivity index (χ4v) is 4.77. The summed E-state index contributed by atoms with van der Waals surface area (Å²) < 4.78 is 5.52. The van der Waals surface area contributed by atoms with Gasteiger partial charge in [-0.2, -0.15) is 0 Å². The number of piperidine rings is 1. The highest BCUT2D eigenvalue weighted by Gasteiger charge is 2.34. The van der Waals surface area contributed by atoms with E-state index in [0.717, 1.165) is 31.4 Å². The van der Waals surface area contributed by atoms with Gasteiger partial charge in [-0.05, 0) is 64.5 Å². The molecule has 0 bridgehead atoms. The van der Waals surface area contributed by atoms with Crippen molar-refractivity contribution in [3.05, 3.63) is 30.1 Å². The van der Waals surface area contributed by atoms with Crippen molar-refractivity contribution in [2.75, 3.05) is 13.1 Å². The molecule has 3 rings (SSSR count). The van der Waals surface area contributed by atoms with Crippen LogP contribution in [-0.4, -0.2) is 40.6 Å². The second kappa shape index (κ2) is 11.0. The minimum atomic E-state index is -0.533. The lowest BCUT2D eigenvalue weighted by Crippen LogP contribution is -2.48. The standard InChI is InChI=1S/C25H39N3O3/c1-25(2,3)31-24(30)28-17-11-14-20(18-28)23(29)27-22(21-15-9-10-16-26-21)19-12-7-5-4-6-8-13-19/h9-10,15-16,19-20,22H,4-8,11-14,17-18H2,1-3H3,(H,27,29). The number of hydrogen-bond acceptors (Lipinski definition) is 4. The van der Waals surface area contributed by atoms with Crippen LogP contribution in [0.3, 0.4) is 0 Å². The van der Waals surface area contributed by atoms with Crippen LogP contribution in [0.2, 0.25) is 0 Å². The van der Waals surface area contributed by atoms with Crippen LogP contribution in [0.15, 0.2) is 24.4 Å². The van der Waals surface area contributed by atoms with E-state index in [1.54, 1.807) is 4.90 Å². The van der Waals surface area contributed by atoms with Crippen LogP contribution >= 0.6 is 0 Å². The molecule has 2 fully saturated rings. The third kappa shape index (κ3) is 7.22. The third-order valence-electron chi connectivity index (χ3n) is 6.37. The van der Waals surface area contributed by atoms with E-state index in [0.29, 0.717) is 19.0 Å². The van der Waals surface area contributed by atoms with Crippen LogP contribution < -0.4 is 5.32 Å². The summed E-state index contributed by atoms with van der Waals surface area (Å²) in [5, 5.41) is 3.35. The van der Waals surface area contributed by atoms with Gasteiger partial charge in [0.25, 0.3) is 0 Å². The fraction of sp³-hybridized carbons (Fsp3) is 0.720. The molecule has 1 saturated carbocycles. The zero-order valence-corrected chi connectivity index (χ0v) is 19.4. The Hall–Kier alpha value is -2.11. The highest BCUT2D eigenvalue weighted by molar-refractivity contribution is 5.80. The predicted molar refractivity (Wildman–Crippen MR) is 121 cm³/mol. The molecule has 1 N–H and O–H groups in total. The Kier molecular flexibility index (Phi) is 8.33. The summed E-state index contributed by atoms with van der Waals surface area (Å²) in [5.74, 6) is 0.233. The summed E-state index contributed by atoms with van der Waals surface area (Å²) in [4.78, 5) is 32.1. The first kappa shape index (κ1) is 23.6. The summed E-state index contributed by atoms with van der Waals surface area (Å²) in [6, 6.07) is 5.87. The van der Waals surface area contributed by atoms with Crippen molar-refractivity contribution < 1.29 is 14.3 Å². The van der Waals surface area contributed by atoms with E-state index in [1.165, 1.54) is 32.1 Å². The lowest BCUT2D eigenvalue weighted by molar-refractivity contribution is -0.127. The molecule has 6 heteroatoms. The molecule has 0 radical (unpaired) electrons. The normalized spacial score (nSPS) is 22.2. The van der Waals surface area contributed by atoms with Gasteiger partial charge in [0.1, 0.15) is 5.60 Å². The number of nitrogens with zero attached hydrogens (tertiary/aromatic N) is 2. The van der Waals surface area contributed by atoms with E-state index < -0.39 is 5.60 Å². The number of rotatable bonds is 4. The van der Waals surface area contributed by atoms with Crippen LogP contribution in [-0.2, 0) is 9.53 Å². The maximum atomic E-state index is 13.3. The smallest absolute Gasteiger partial charge is 0.410 e. The minimum Gasteiger partial charge on any atom is -0.444 e. The van der Waals surface area contributed by atoms with Gasteiger partial charge in [-0.3, -0.25) is 9.78 Å². The van der Waals surface area contributed by atoms with Crippen LogP contribution in [0.25, 0.3) is 0 Å². The summed E-state index contributed by atoms with van der Waals surface area (Å²) in [7, 11) is 0. The van der Waals surface area contributed by atoms with Crippen LogP contribution in [0, 0.1) is 11.8 Å². The fourth-order valence-electron chi connectivity index (χ4n) is 4.77. The predicted octanol–water partition coefficient (Wildman–Crippen LogP) is 5.25. The van der Waals surface area contributed by atoms with E-state index in [4.69, 9.17) is 4.74 Å². The molecule has 1 aromatic heterocycles. The average molecular weight is 430 g/mol. The number of amides is 2. The molecule has 2 aliphatic rings. The summed E-state index contributed by atoms with van der Waals surface area (Å²) in [6.45, 7) is 6.66. The van der Waals surface area contributed by atoms with Gasteiger partial charge in [0.05, 0.1) is 17.7 Å². The molecule has 0 aromatic carbocycles. The monoisotopic (exact) mass is 429 g/mol. The Morgan fingerprint density at radius 1 is 1.06 bits per heavy atom. The van der Waals surface area contributed by atoms with Gasteiger partial charge in [-0.15, -0.1) is 0 Å². The molecule has 0 spiro atoms. The molecule has 31 heavy (non-hydrogen) atoms. The van der Waals surface area contributed by atoms with Gasteiger partial charge in [0, 0.05) is 19.3 Å². The van der Waals surface area contributed by atoms with Crippen LogP contribution in [0.1, 0.15) is 90.3 Å². The van der Waals surface area contributed by atoms with Crippen molar-refractivity contribution in [2.45, 2.75) is 90.2 Å². The molecule has 1 aliphatic carbocycles. The third-order valence-corrected chi connectivity index (χ3v) is 6.37. The molecular formula is C25H39N3O3. The number of hydrogen-bond donors (Lipinski definition) is 1. The first-order valence-corrected chi connectivity index (χ1v) is 12.0. The summed E-state index contributed by atoms with van der Waals surface area (Å²) >= 11 is 0. The van der Waals surface area contributed by atoms with Crippen molar-refractivity contribution in [1.82, 2.24) is 15.2 Å². The Bertz CT molecular complexity index is 708. The van der Waals surface area contributed by atoms with Gasteiger partial charge in [0.15, 0.2) is 0 Å². The van der Waals surface area contributed by atoms with E-state index >= 15 is 0 Å². The number of carbonyl (C=O) groups excluding carboxylic acids is 2. The van der Waals surface area contributed by atoms with Crippen molar-refractivity contribution in [1.29, 1.82) is 0 Å². The number of nitrogens with one attached hydrogen (secondary N) is 1. The van der Waals surface area contributed by atoms with Gasteiger partial charge >= 0.3 is 6.09 Å². The maximum absolute atomic E-state index is 13.3. The van der Waals surface area contributed by atoms with E-state index in [2.05, 4.69) is 10.3 Å². The van der Waals surface area contributed by atoms with Crippen molar-refractivity contribution >= 4 is 12.0 Å². The molecule has 1 aliphatic heterocycles. The van der Waals surface area contributed by atoms with E-state index in [1.807, 2.05) is 45.2 Å². The molecule has 172 valence electrons. The van der Waals surface area contributed by atoms with Crippen molar-refractivity contribution in [3.8, 4) is 0 Å². The largest absolute Gasteiger partial charge is 0.444 e. The SMILES string of the molecule is CC(C)(C)OC(=O)N1CCCC(C(=O)NC(c2ccccn2)C2CCCCCCC2)C1. The summed E-state index contributed by atoms with van der Waals surface area (Å²) in [5.41, 5.74) is 0.412. The first-order chi connectivity index (χ1) is 14.8. The first-order valence-electron chi connectivity index (χ1n) is 12.0. The van der Waals surface area contributed by atoms with Crippen molar-refractivity contribution in [3.63, 3.8) is 0 Å². The highest BCUT2D eigenvalue weighted by Crippen LogP contribution is 2.33. The number of pyridine rings is 1. The number of ether oxygens (including phenoxy) is 1. The second-order valence-electron chi connectivity index (χ2n) is 10.1. The van der Waals surface area contributed by atoms with Gasteiger partial charge in [0.2, 0.25) is 5.91 Å². The molecule has 2 unspecified atom stereocenters. The molecule has 2 atom stereocenters. The Morgan fingerprint density at radius 3 is 2.42 bits per heavy atom. The molecule has 2 heterocycles. The topological polar surface area (TPSA) is 71.5 Å². The molecular weight excluding hydrogens is 390 g/mol. The Labute approximate surface area is 187 Å². The lowest BCUT2D eigenvalue weighted by atomic mass is 9.84. The average Bonchev–Trinajstić information content (AvgIpc) is 2.72. The maximum Gasteiger partial charge on any atom is 0.410 e. The van der Waals surface area contributed by atoms with Gasteiger partial charge in [-0.25, -0.2) is 4.79 Å². The quantitative estimate of drug-likeness (QED) is 0.710. The van der Waals surface area contributed by atoms with Gasteiger partial charge < -0.3 is 15.0 Å². The van der Waals surface area contributed by atoms with Crippen molar-refractivity contribution in [2.24, 2.45) is 11.8 Å². The van der Waals surface area contributed by atoms with Gasteiger partial charge in [-0.1, -0.05) is 38.2 Å².